The van der Waals surface area contributed by atoms with Crippen molar-refractivity contribution in [2.45, 2.75) is 36.9 Å². The van der Waals surface area contributed by atoms with Crippen molar-refractivity contribution in [2.24, 2.45) is 18.2 Å². The Bertz CT molecular complexity index is 651. The van der Waals surface area contributed by atoms with Gasteiger partial charge < -0.3 is 15.6 Å². The number of nitrogens with zero attached hydrogens (tertiary/aromatic N) is 3. The smallest absolute Gasteiger partial charge is 0.241 e. The average molecular weight is 356 g/mol. The molecular weight excluding hydrogens is 334 g/mol. The summed E-state index contributed by atoms with van der Waals surface area (Å²) in [6, 6.07) is 7.01. The van der Waals surface area contributed by atoms with Gasteiger partial charge in [-0.2, -0.15) is 0 Å². The lowest BCUT2D eigenvalue weighted by Crippen LogP contribution is -2.45. The van der Waals surface area contributed by atoms with Gasteiger partial charge in [0.15, 0.2) is 5.16 Å². The highest BCUT2D eigenvalue weighted by atomic mass is 35.5. The summed E-state index contributed by atoms with van der Waals surface area (Å²) in [5.74, 6) is -0.179. The number of amides is 1. The van der Waals surface area contributed by atoms with Crippen LogP contribution in [0.25, 0.3) is 0 Å². The van der Waals surface area contributed by atoms with Gasteiger partial charge in [-0.25, -0.2) is 0 Å². The Balaban J connectivity index is 0.00000264. The van der Waals surface area contributed by atoms with Crippen LogP contribution in [0.15, 0.2) is 40.6 Å². The third-order valence-electron chi connectivity index (χ3n) is 3.22. The van der Waals surface area contributed by atoms with Gasteiger partial charge in [0.2, 0.25) is 5.91 Å². The molecule has 8 heteroatoms. The molecular formula is C15H22ClN5OS. The highest BCUT2D eigenvalue weighted by Gasteiger charge is 2.27. The number of hydrogen-bond donors (Lipinski definition) is 2. The van der Waals surface area contributed by atoms with E-state index >= 15 is 0 Å². The van der Waals surface area contributed by atoms with Crippen LogP contribution in [0.2, 0.25) is 0 Å². The molecule has 1 aromatic carbocycles. The molecule has 1 amide bonds. The molecule has 2 aromatic rings. The molecule has 0 aliphatic carbocycles. The predicted molar refractivity (Wildman–Crippen MR) is 94.9 cm³/mol. The number of anilines is 1. The summed E-state index contributed by atoms with van der Waals surface area (Å²) >= 11 is 1.51. The SMILES string of the molecule is Cl.Cn1cnnc1Sc1ccc(NC(=O)[C@@H](N)C(C)(C)C)cc1. The Morgan fingerprint density at radius 1 is 1.30 bits per heavy atom. The van der Waals surface area contributed by atoms with E-state index in [2.05, 4.69) is 15.5 Å². The first-order valence-corrected chi connectivity index (χ1v) is 7.77. The number of nitrogens with two attached hydrogens (primary N) is 1. The summed E-state index contributed by atoms with van der Waals surface area (Å²) in [5, 5.41) is 11.5. The Kier molecular flexibility index (Phi) is 6.61. The van der Waals surface area contributed by atoms with E-state index in [1.807, 2.05) is 56.7 Å². The fourth-order valence-corrected chi connectivity index (χ4v) is 2.45. The maximum Gasteiger partial charge on any atom is 0.241 e. The third-order valence-corrected chi connectivity index (χ3v) is 4.28. The monoisotopic (exact) mass is 355 g/mol. The lowest BCUT2D eigenvalue weighted by atomic mass is 9.87. The summed E-state index contributed by atoms with van der Waals surface area (Å²) in [6.07, 6.45) is 1.66. The van der Waals surface area contributed by atoms with Crippen LogP contribution in [0.1, 0.15) is 20.8 Å². The molecule has 1 atom stereocenters. The standard InChI is InChI=1S/C15H21N5OS.ClH/c1-15(2,3)12(16)13(21)18-10-5-7-11(8-6-10)22-14-19-17-9-20(14)4;/h5-9,12H,16H2,1-4H3,(H,18,21);1H/t12-;/m1./s1. The van der Waals surface area contributed by atoms with E-state index in [-0.39, 0.29) is 23.7 Å². The quantitative estimate of drug-likeness (QED) is 0.880. The molecule has 1 aromatic heterocycles. The van der Waals surface area contributed by atoms with Crippen LogP contribution in [0.3, 0.4) is 0 Å². The normalized spacial score (nSPS) is 12.4. The number of carbonyl (C=O) groups is 1. The van der Waals surface area contributed by atoms with Gasteiger partial charge in [-0.1, -0.05) is 20.8 Å². The molecule has 6 nitrogen and oxygen atoms in total. The summed E-state index contributed by atoms with van der Waals surface area (Å²) in [4.78, 5) is 13.1. The van der Waals surface area contributed by atoms with Crippen LogP contribution in [0.5, 0.6) is 0 Å². The molecule has 0 aliphatic rings. The number of aromatic nitrogens is 3. The van der Waals surface area contributed by atoms with Crippen LogP contribution in [0.4, 0.5) is 5.69 Å². The minimum absolute atomic E-state index is 0. The highest BCUT2D eigenvalue weighted by molar-refractivity contribution is 7.99. The molecule has 0 fully saturated rings. The zero-order valence-corrected chi connectivity index (χ0v) is 15.2. The van der Waals surface area contributed by atoms with E-state index in [4.69, 9.17) is 5.73 Å². The lowest BCUT2D eigenvalue weighted by Gasteiger charge is -2.25. The van der Waals surface area contributed by atoms with E-state index in [1.165, 1.54) is 11.8 Å². The molecule has 0 radical (unpaired) electrons. The van der Waals surface area contributed by atoms with Crippen molar-refractivity contribution in [3.05, 3.63) is 30.6 Å². The van der Waals surface area contributed by atoms with Gasteiger partial charge in [0.1, 0.15) is 6.33 Å². The van der Waals surface area contributed by atoms with Crippen molar-refractivity contribution in [2.75, 3.05) is 5.32 Å². The van der Waals surface area contributed by atoms with Crippen LogP contribution in [-0.2, 0) is 11.8 Å². The number of aryl methyl sites for hydroxylation is 1. The number of halogens is 1. The first-order valence-electron chi connectivity index (χ1n) is 6.96. The van der Waals surface area contributed by atoms with Crippen molar-refractivity contribution in [1.29, 1.82) is 0 Å². The average Bonchev–Trinajstić information content (AvgIpc) is 2.84. The van der Waals surface area contributed by atoms with E-state index in [0.717, 1.165) is 15.7 Å². The number of benzene rings is 1. The molecule has 2 rings (SSSR count). The van der Waals surface area contributed by atoms with Crippen LogP contribution in [-0.4, -0.2) is 26.7 Å². The number of rotatable bonds is 4. The second-order valence-electron chi connectivity index (χ2n) is 6.18. The van der Waals surface area contributed by atoms with Gasteiger partial charge in [0, 0.05) is 17.6 Å². The molecule has 0 saturated heterocycles. The number of nitrogens with one attached hydrogen (secondary N) is 1. The minimum Gasteiger partial charge on any atom is -0.325 e. The van der Waals surface area contributed by atoms with E-state index in [0.29, 0.717) is 0 Å². The summed E-state index contributed by atoms with van der Waals surface area (Å²) < 4.78 is 1.85. The van der Waals surface area contributed by atoms with E-state index in [1.54, 1.807) is 6.33 Å². The topological polar surface area (TPSA) is 85.8 Å². The van der Waals surface area contributed by atoms with Crippen molar-refractivity contribution in [1.82, 2.24) is 14.8 Å². The maximum atomic E-state index is 12.1. The van der Waals surface area contributed by atoms with Crippen molar-refractivity contribution >= 4 is 35.8 Å². The molecule has 0 aliphatic heterocycles. The molecule has 23 heavy (non-hydrogen) atoms. The first-order chi connectivity index (χ1) is 10.3. The zero-order chi connectivity index (χ0) is 16.3. The molecule has 0 saturated carbocycles. The number of hydrogen-bond acceptors (Lipinski definition) is 5. The van der Waals surface area contributed by atoms with Crippen molar-refractivity contribution in [3.63, 3.8) is 0 Å². The maximum absolute atomic E-state index is 12.1. The fraction of sp³-hybridized carbons (Fsp3) is 0.400. The van der Waals surface area contributed by atoms with Gasteiger partial charge in [-0.05, 0) is 41.4 Å². The van der Waals surface area contributed by atoms with Gasteiger partial charge >= 0.3 is 0 Å². The fourth-order valence-electron chi connectivity index (χ4n) is 1.69. The molecule has 0 bridgehead atoms. The zero-order valence-electron chi connectivity index (χ0n) is 13.6. The molecule has 3 N–H and O–H groups in total. The lowest BCUT2D eigenvalue weighted by molar-refractivity contribution is -0.119. The summed E-state index contributed by atoms with van der Waals surface area (Å²) in [7, 11) is 1.89. The van der Waals surface area contributed by atoms with Gasteiger partial charge in [0.05, 0.1) is 6.04 Å². The molecule has 0 unspecified atom stereocenters. The molecule has 1 heterocycles. The van der Waals surface area contributed by atoms with Gasteiger partial charge in [-0.15, -0.1) is 22.6 Å². The Morgan fingerprint density at radius 3 is 2.39 bits per heavy atom. The van der Waals surface area contributed by atoms with Gasteiger partial charge in [0.25, 0.3) is 0 Å². The second kappa shape index (κ2) is 7.81. The van der Waals surface area contributed by atoms with Crippen molar-refractivity contribution in [3.8, 4) is 0 Å². The largest absolute Gasteiger partial charge is 0.325 e. The molecule has 0 spiro atoms. The molecule has 126 valence electrons. The number of carbonyl (C=O) groups excluding carboxylic acids is 1. The van der Waals surface area contributed by atoms with E-state index < -0.39 is 6.04 Å². The second-order valence-corrected chi connectivity index (χ2v) is 7.22. The Labute approximate surface area is 146 Å². The van der Waals surface area contributed by atoms with Crippen molar-refractivity contribution < 1.29 is 4.79 Å². The Morgan fingerprint density at radius 2 is 1.91 bits per heavy atom. The highest BCUT2D eigenvalue weighted by Crippen LogP contribution is 2.26. The van der Waals surface area contributed by atoms with Gasteiger partial charge in [-0.3, -0.25) is 4.79 Å². The van der Waals surface area contributed by atoms with Crippen LogP contribution < -0.4 is 11.1 Å². The van der Waals surface area contributed by atoms with E-state index in [9.17, 15) is 4.79 Å². The predicted octanol–water partition coefficient (Wildman–Crippen LogP) is 2.70. The summed E-state index contributed by atoms with van der Waals surface area (Å²) in [6.45, 7) is 5.83. The Hall–Kier alpha value is -1.57. The minimum atomic E-state index is -0.555. The van der Waals surface area contributed by atoms with Crippen LogP contribution >= 0.6 is 24.2 Å². The first kappa shape index (κ1) is 19.5. The third kappa shape index (κ3) is 5.23. The summed E-state index contributed by atoms with van der Waals surface area (Å²) in [5.41, 5.74) is 6.40. The van der Waals surface area contributed by atoms with Crippen LogP contribution in [0, 0.1) is 5.41 Å².